The normalized spacial score (nSPS) is 11.7. The van der Waals surface area contributed by atoms with Crippen LogP contribution in [0, 0.1) is 0 Å². The lowest BCUT2D eigenvalue weighted by atomic mass is 10.1. The zero-order valence-corrected chi connectivity index (χ0v) is 66.9. The van der Waals surface area contributed by atoms with Gasteiger partial charge < -0.3 is 46.9 Å². The molecule has 0 bridgehead atoms. The zero-order valence-electron chi connectivity index (χ0n) is 66.0. The molecule has 0 spiro atoms. The van der Waals surface area contributed by atoms with Crippen LogP contribution in [0.2, 0.25) is 0 Å². The minimum absolute atomic E-state index is 0.0158. The van der Waals surface area contributed by atoms with Crippen molar-refractivity contribution < 1.29 is 61.3 Å². The number of unbranched alkanes of at least 4 members (excludes halogenated alkanes) is 45. The van der Waals surface area contributed by atoms with E-state index in [1.54, 1.807) is 21.3 Å². The number of hydrogen-bond acceptors (Lipinski definition) is 10. The standard InChI is InChI=1S/3C27H56NO2.H3O4P/c3*1-5-8-11-14-17-20-23-28(26-27(29)30-4,24-21-18-15-12-9-6-2)25-22-19-16-13-10-7-3;1-5(2,3)4/h3*5-26H2,1-4H3;(H3,1,2,3,4)/q3*+1;/p-3. The predicted octanol–water partition coefficient (Wildman–Crippen LogP) is 21.3. The lowest BCUT2D eigenvalue weighted by Gasteiger charge is -2.38. The van der Waals surface area contributed by atoms with Gasteiger partial charge in [0.05, 0.1) is 80.2 Å². The molecule has 0 atom stereocenters. The van der Waals surface area contributed by atoms with Gasteiger partial charge in [-0.3, -0.25) is 0 Å². The fourth-order valence-electron chi connectivity index (χ4n) is 13.8. The molecule has 13 nitrogen and oxygen atoms in total. The number of quaternary nitrogens is 3. The molecule has 0 rings (SSSR count). The molecule has 572 valence electrons. The van der Waals surface area contributed by atoms with Crippen molar-refractivity contribution in [3.63, 3.8) is 0 Å². The van der Waals surface area contributed by atoms with E-state index in [4.69, 9.17) is 33.5 Å². The van der Waals surface area contributed by atoms with Crippen LogP contribution in [-0.2, 0) is 33.2 Å². The van der Waals surface area contributed by atoms with E-state index in [2.05, 4.69) is 62.3 Å². The van der Waals surface area contributed by atoms with Gasteiger partial charge in [-0.15, -0.1) is 0 Å². The number of hydrogen-bond donors (Lipinski definition) is 0. The van der Waals surface area contributed by atoms with Crippen molar-refractivity contribution in [2.24, 2.45) is 0 Å². The Morgan fingerprint density at radius 2 is 0.316 bits per heavy atom. The van der Waals surface area contributed by atoms with E-state index in [1.165, 1.54) is 347 Å². The Kier molecular flexibility index (Phi) is 80.4. The van der Waals surface area contributed by atoms with Crippen molar-refractivity contribution in [3.8, 4) is 0 Å². The molecule has 0 aliphatic carbocycles. The maximum absolute atomic E-state index is 12.3. The summed E-state index contributed by atoms with van der Waals surface area (Å²) in [6, 6.07) is 0. The van der Waals surface area contributed by atoms with Gasteiger partial charge in [0, 0.05) is 0 Å². The summed E-state index contributed by atoms with van der Waals surface area (Å²) in [5.41, 5.74) is 0. The zero-order chi connectivity index (χ0) is 71.5. The SMILES string of the molecule is CCCCCCCC[N+](CCCCCCCC)(CCCCCCCC)CC(=O)OC.CCCCCCCC[N+](CCCCCCCC)(CCCCCCCC)CC(=O)OC.CCCCCCCC[N+](CCCCCCCC)(CCCCCCCC)CC(=O)OC.O=P([O-])([O-])[O-]. The first-order valence-electron chi connectivity index (χ1n) is 41.4. The van der Waals surface area contributed by atoms with Crippen LogP contribution in [0.4, 0.5) is 0 Å². The molecule has 0 aliphatic rings. The van der Waals surface area contributed by atoms with Gasteiger partial charge in [0.15, 0.2) is 19.6 Å². The Labute approximate surface area is 593 Å². The predicted molar refractivity (Wildman–Crippen MR) is 403 cm³/mol. The maximum atomic E-state index is 12.3. The Balaban J connectivity index is -0.000000629. The molecular formula is C81H168N3O10P. The number of carbonyl (C=O) groups is 3. The highest BCUT2D eigenvalue weighted by molar-refractivity contribution is 7.40. The number of nitrogens with zero attached hydrogens (tertiary/aromatic N) is 3. The van der Waals surface area contributed by atoms with Gasteiger partial charge in [-0.05, 0) is 116 Å². The molecule has 14 heteroatoms. The molecule has 0 aromatic heterocycles. The average Bonchev–Trinajstić information content (AvgIpc) is 0.900. The van der Waals surface area contributed by atoms with E-state index in [0.717, 1.165) is 72.4 Å². The molecule has 0 aromatic rings. The molecular weight excluding hydrogens is 1210 g/mol. The molecule has 0 fully saturated rings. The average molecular weight is 1380 g/mol. The molecule has 0 unspecified atom stereocenters. The van der Waals surface area contributed by atoms with Gasteiger partial charge in [0.1, 0.15) is 0 Å². The van der Waals surface area contributed by atoms with Gasteiger partial charge in [-0.25, -0.2) is 14.4 Å². The second-order valence-electron chi connectivity index (χ2n) is 29.1. The number of esters is 3. The highest BCUT2D eigenvalue weighted by Gasteiger charge is 2.33. The van der Waals surface area contributed by atoms with Crippen molar-refractivity contribution in [3.05, 3.63) is 0 Å². The fraction of sp³-hybridized carbons (Fsp3) is 0.963. The highest BCUT2D eigenvalue weighted by atomic mass is 31.2. The minimum atomic E-state index is -5.39. The molecule has 0 radical (unpaired) electrons. The maximum Gasteiger partial charge on any atom is 0.361 e. The van der Waals surface area contributed by atoms with Crippen LogP contribution in [0.5, 0.6) is 0 Å². The molecule has 0 aromatic carbocycles. The van der Waals surface area contributed by atoms with E-state index < -0.39 is 7.82 Å². The highest BCUT2D eigenvalue weighted by Crippen LogP contribution is 2.23. The van der Waals surface area contributed by atoms with Crippen molar-refractivity contribution in [1.29, 1.82) is 0 Å². The van der Waals surface area contributed by atoms with E-state index in [1.807, 2.05) is 0 Å². The Morgan fingerprint density at radius 1 is 0.221 bits per heavy atom. The van der Waals surface area contributed by atoms with E-state index in [-0.39, 0.29) is 17.9 Å². The van der Waals surface area contributed by atoms with Gasteiger partial charge in [0.2, 0.25) is 0 Å². The summed E-state index contributed by atoms with van der Waals surface area (Å²) in [5, 5.41) is 0. The topological polar surface area (TPSA) is 165 Å². The van der Waals surface area contributed by atoms with E-state index in [0.29, 0.717) is 19.6 Å². The first kappa shape index (κ1) is 99.8. The monoisotopic (exact) mass is 1370 g/mol. The van der Waals surface area contributed by atoms with E-state index >= 15 is 0 Å². The Hall–Kier alpha value is -1.60. The smallest absolute Gasteiger partial charge is 0.361 e. The molecule has 0 amide bonds. The number of phosphoric acid groups is 1. The Bertz CT molecular complexity index is 1320. The third-order valence-corrected chi connectivity index (χ3v) is 20.0. The van der Waals surface area contributed by atoms with Crippen LogP contribution in [0.3, 0.4) is 0 Å². The molecule has 95 heavy (non-hydrogen) atoms. The van der Waals surface area contributed by atoms with Crippen LogP contribution >= 0.6 is 7.82 Å². The van der Waals surface area contributed by atoms with Gasteiger partial charge in [-0.1, -0.05) is 293 Å². The van der Waals surface area contributed by atoms with Crippen LogP contribution in [0.25, 0.3) is 0 Å². The third-order valence-electron chi connectivity index (χ3n) is 20.0. The van der Waals surface area contributed by atoms with Crippen LogP contribution in [-0.4, -0.2) is 131 Å². The van der Waals surface area contributed by atoms with Crippen molar-refractivity contribution >= 4 is 25.7 Å². The second kappa shape index (κ2) is 76.6. The van der Waals surface area contributed by atoms with Crippen LogP contribution in [0.1, 0.15) is 409 Å². The number of carbonyl (C=O) groups excluding carboxylic acids is 3. The Morgan fingerprint density at radius 3 is 0.411 bits per heavy atom. The second-order valence-corrected chi connectivity index (χ2v) is 30.0. The van der Waals surface area contributed by atoms with Crippen molar-refractivity contribution in [2.45, 2.75) is 409 Å². The summed E-state index contributed by atoms with van der Waals surface area (Å²) in [6.45, 7) is 32.7. The van der Waals surface area contributed by atoms with Crippen molar-refractivity contribution in [1.82, 2.24) is 0 Å². The summed E-state index contributed by atoms with van der Waals surface area (Å²) in [4.78, 5) is 62.6. The summed E-state index contributed by atoms with van der Waals surface area (Å²) < 4.78 is 26.9. The van der Waals surface area contributed by atoms with Gasteiger partial charge >= 0.3 is 17.9 Å². The molecule has 0 saturated carbocycles. The summed E-state index contributed by atoms with van der Waals surface area (Å²) >= 11 is 0. The van der Waals surface area contributed by atoms with Gasteiger partial charge in [0.25, 0.3) is 0 Å². The summed E-state index contributed by atoms with van der Waals surface area (Å²) in [5.74, 6) is -0.0474. The van der Waals surface area contributed by atoms with Crippen LogP contribution in [0.15, 0.2) is 0 Å². The van der Waals surface area contributed by atoms with E-state index in [9.17, 15) is 14.4 Å². The molecule has 0 N–H and O–H groups in total. The van der Waals surface area contributed by atoms with Crippen molar-refractivity contribution in [2.75, 3.05) is 99.9 Å². The van der Waals surface area contributed by atoms with Crippen LogP contribution < -0.4 is 14.7 Å². The number of rotatable bonds is 69. The molecule has 0 aliphatic heterocycles. The first-order chi connectivity index (χ1) is 45.9. The molecule has 0 saturated heterocycles. The third kappa shape index (κ3) is 74.9. The number of methoxy groups -OCH3 is 3. The quantitative estimate of drug-likeness (QED) is 0.0188. The lowest BCUT2D eigenvalue weighted by molar-refractivity contribution is -0.922. The molecule has 0 heterocycles. The lowest BCUT2D eigenvalue weighted by Crippen LogP contribution is -2.53. The fourth-order valence-corrected chi connectivity index (χ4v) is 13.8. The largest absolute Gasteiger partial charge is 0.822 e. The summed E-state index contributed by atoms with van der Waals surface area (Å²) in [6.07, 6.45) is 71.5. The minimum Gasteiger partial charge on any atom is -0.822 e. The summed E-state index contributed by atoms with van der Waals surface area (Å²) in [7, 11) is -0.730. The van der Waals surface area contributed by atoms with Gasteiger partial charge in [-0.2, -0.15) is 7.82 Å². The first-order valence-corrected chi connectivity index (χ1v) is 42.9. The number of ether oxygens (including phenoxy) is 3.